The van der Waals surface area contributed by atoms with Crippen LogP contribution in [0, 0.1) is 15.5 Å². The molecule has 104 valence electrons. The van der Waals surface area contributed by atoms with Gasteiger partial charge in [0.25, 0.3) is 5.69 Å². The Balaban J connectivity index is 3.34. The molecule has 0 atom stereocenters. The fourth-order valence-corrected chi connectivity index (χ4v) is 1.61. The predicted octanol–water partition coefficient (Wildman–Crippen LogP) is 2.51. The molecule has 0 fully saturated rings. The molecule has 0 amide bonds. The van der Waals surface area contributed by atoms with Crippen LogP contribution in [0.15, 0.2) is 12.1 Å². The van der Waals surface area contributed by atoms with Crippen molar-refractivity contribution in [1.29, 1.82) is 5.41 Å². The monoisotopic (exact) mass is 296 g/mol. The molecule has 19 heavy (non-hydrogen) atoms. The number of amidine groups is 1. The number of alkyl halides is 3. The lowest BCUT2D eigenvalue weighted by Crippen LogP contribution is -2.24. The van der Waals surface area contributed by atoms with Crippen LogP contribution in [0.1, 0.15) is 5.56 Å². The Morgan fingerprint density at radius 2 is 2.11 bits per heavy atom. The number of halogens is 4. The average molecular weight is 297 g/mol. The van der Waals surface area contributed by atoms with Crippen molar-refractivity contribution in [2.75, 3.05) is 11.9 Å². The van der Waals surface area contributed by atoms with Gasteiger partial charge >= 0.3 is 6.18 Å². The second-order valence-corrected chi connectivity index (χ2v) is 3.86. The number of nitrogens with one attached hydrogen (secondary N) is 2. The highest BCUT2D eigenvalue weighted by Crippen LogP contribution is 2.34. The minimum atomic E-state index is -4.58. The third kappa shape index (κ3) is 3.71. The van der Waals surface area contributed by atoms with Gasteiger partial charge in [-0.2, -0.15) is 13.2 Å². The van der Waals surface area contributed by atoms with Gasteiger partial charge < -0.3 is 11.1 Å². The van der Waals surface area contributed by atoms with Crippen molar-refractivity contribution in [3.8, 4) is 0 Å². The largest absolute Gasteiger partial charge is 0.405 e. The maximum Gasteiger partial charge on any atom is 0.405 e. The second kappa shape index (κ2) is 5.31. The lowest BCUT2D eigenvalue weighted by molar-refractivity contribution is -0.384. The number of nitrogens with zero attached hydrogens (tertiary/aromatic N) is 1. The van der Waals surface area contributed by atoms with Gasteiger partial charge in [0.1, 0.15) is 18.1 Å². The smallest absolute Gasteiger partial charge is 0.384 e. The van der Waals surface area contributed by atoms with Crippen molar-refractivity contribution >= 4 is 28.8 Å². The van der Waals surface area contributed by atoms with E-state index in [-0.39, 0.29) is 10.6 Å². The van der Waals surface area contributed by atoms with E-state index in [9.17, 15) is 23.3 Å². The number of nitrogen functional groups attached to an aromatic ring is 1. The van der Waals surface area contributed by atoms with Gasteiger partial charge in [0.05, 0.1) is 15.5 Å². The first-order valence-corrected chi connectivity index (χ1v) is 5.13. The summed E-state index contributed by atoms with van der Waals surface area (Å²) in [6.07, 6.45) is -4.58. The van der Waals surface area contributed by atoms with Gasteiger partial charge in [-0.15, -0.1) is 0 Å². The molecule has 6 nitrogen and oxygen atoms in total. The van der Waals surface area contributed by atoms with E-state index in [1.807, 2.05) is 5.32 Å². The number of nitro benzene ring substituents is 1. The summed E-state index contributed by atoms with van der Waals surface area (Å²) in [5.41, 5.74) is 3.68. The van der Waals surface area contributed by atoms with E-state index in [4.69, 9.17) is 22.7 Å². The Labute approximate surface area is 110 Å². The van der Waals surface area contributed by atoms with Crippen LogP contribution in [0.2, 0.25) is 5.02 Å². The lowest BCUT2D eigenvalue weighted by atomic mass is 10.1. The van der Waals surface area contributed by atoms with Gasteiger partial charge in [-0.05, 0) is 6.07 Å². The predicted molar refractivity (Wildman–Crippen MR) is 63.7 cm³/mol. The van der Waals surface area contributed by atoms with E-state index in [1.165, 1.54) is 0 Å². The fourth-order valence-electron chi connectivity index (χ4n) is 1.35. The van der Waals surface area contributed by atoms with Crippen molar-refractivity contribution in [2.45, 2.75) is 6.18 Å². The Bertz CT molecular complexity index is 533. The number of hydrogen-bond donors (Lipinski definition) is 3. The van der Waals surface area contributed by atoms with Gasteiger partial charge in [0.2, 0.25) is 0 Å². The number of anilines is 1. The van der Waals surface area contributed by atoms with Crippen molar-refractivity contribution in [1.82, 2.24) is 0 Å². The van der Waals surface area contributed by atoms with Crippen LogP contribution in [-0.4, -0.2) is 23.5 Å². The minimum absolute atomic E-state index is 0.150. The molecule has 1 rings (SSSR count). The summed E-state index contributed by atoms with van der Waals surface area (Å²) < 4.78 is 36.5. The molecular weight excluding hydrogens is 289 g/mol. The molecule has 0 aliphatic rings. The SMILES string of the molecule is N=C(N)c1c(Cl)ccc([N+](=O)[O-])c1NCC(F)(F)F. The summed E-state index contributed by atoms with van der Waals surface area (Å²) in [5.74, 6) is -0.668. The minimum Gasteiger partial charge on any atom is -0.384 e. The molecule has 0 aromatic heterocycles. The van der Waals surface area contributed by atoms with E-state index >= 15 is 0 Å². The first kappa shape index (κ1) is 15.0. The van der Waals surface area contributed by atoms with Crippen LogP contribution >= 0.6 is 11.6 Å². The zero-order chi connectivity index (χ0) is 14.8. The van der Waals surface area contributed by atoms with Crippen molar-refractivity contribution in [3.63, 3.8) is 0 Å². The van der Waals surface area contributed by atoms with Crippen LogP contribution in [0.25, 0.3) is 0 Å². The number of benzene rings is 1. The topological polar surface area (TPSA) is 105 Å². The normalized spacial score (nSPS) is 11.2. The number of nitrogens with two attached hydrogens (primary N) is 1. The molecular formula is C9H8ClF3N4O2. The van der Waals surface area contributed by atoms with Gasteiger partial charge in [-0.25, -0.2) is 0 Å². The number of hydrogen-bond acceptors (Lipinski definition) is 4. The molecule has 0 saturated carbocycles. The molecule has 0 saturated heterocycles. The Hall–Kier alpha value is -2.03. The third-order valence-corrected chi connectivity index (χ3v) is 2.38. The molecule has 0 bridgehead atoms. The lowest BCUT2D eigenvalue weighted by Gasteiger charge is -2.14. The van der Waals surface area contributed by atoms with Gasteiger partial charge in [0, 0.05) is 6.07 Å². The van der Waals surface area contributed by atoms with Crippen molar-refractivity contribution in [2.24, 2.45) is 5.73 Å². The second-order valence-electron chi connectivity index (χ2n) is 3.46. The highest BCUT2D eigenvalue weighted by molar-refractivity contribution is 6.35. The molecule has 0 spiro atoms. The van der Waals surface area contributed by atoms with E-state index in [0.717, 1.165) is 12.1 Å². The average Bonchev–Trinajstić information content (AvgIpc) is 2.24. The molecule has 0 radical (unpaired) electrons. The molecule has 0 aliphatic heterocycles. The molecule has 1 aromatic carbocycles. The number of nitro groups is 1. The van der Waals surface area contributed by atoms with E-state index in [0.29, 0.717) is 0 Å². The highest BCUT2D eigenvalue weighted by Gasteiger charge is 2.30. The Kier molecular flexibility index (Phi) is 4.20. The van der Waals surface area contributed by atoms with Crippen molar-refractivity contribution < 1.29 is 18.1 Å². The standard InChI is InChI=1S/C9H8ClF3N4O2/c10-4-1-2-5(17(18)19)7(6(4)8(14)15)16-3-9(11,12)13/h1-2,16H,3H2,(H3,14,15). The summed E-state index contributed by atoms with van der Waals surface area (Å²) in [4.78, 5) is 9.87. The van der Waals surface area contributed by atoms with Crippen LogP contribution < -0.4 is 11.1 Å². The summed E-state index contributed by atoms with van der Waals surface area (Å²) in [5, 5.41) is 19.7. The van der Waals surface area contributed by atoms with E-state index in [1.54, 1.807) is 0 Å². The number of rotatable bonds is 4. The zero-order valence-electron chi connectivity index (χ0n) is 9.21. The fraction of sp³-hybridized carbons (Fsp3) is 0.222. The zero-order valence-corrected chi connectivity index (χ0v) is 9.97. The molecule has 4 N–H and O–H groups in total. The van der Waals surface area contributed by atoms with Crippen molar-refractivity contribution in [3.05, 3.63) is 32.8 Å². The summed E-state index contributed by atoms with van der Waals surface area (Å²) in [6.45, 7) is -1.51. The molecule has 10 heteroatoms. The van der Waals surface area contributed by atoms with Crippen LogP contribution in [0.3, 0.4) is 0 Å². The van der Waals surface area contributed by atoms with Gasteiger partial charge in [-0.1, -0.05) is 11.6 Å². The maximum absolute atomic E-state index is 12.2. The third-order valence-electron chi connectivity index (χ3n) is 2.06. The van der Waals surface area contributed by atoms with E-state index < -0.39 is 34.9 Å². The molecule has 1 aromatic rings. The quantitative estimate of drug-likeness (QED) is 0.343. The first-order valence-electron chi connectivity index (χ1n) is 4.75. The van der Waals surface area contributed by atoms with Crippen LogP contribution in [0.4, 0.5) is 24.5 Å². The van der Waals surface area contributed by atoms with Crippen LogP contribution in [0.5, 0.6) is 0 Å². The Morgan fingerprint density at radius 3 is 2.53 bits per heavy atom. The maximum atomic E-state index is 12.2. The molecule has 0 unspecified atom stereocenters. The summed E-state index contributed by atoms with van der Waals surface area (Å²) in [6, 6.07) is 2.03. The van der Waals surface area contributed by atoms with Crippen LogP contribution in [-0.2, 0) is 0 Å². The first-order chi connectivity index (χ1) is 8.63. The van der Waals surface area contributed by atoms with E-state index in [2.05, 4.69) is 0 Å². The summed E-state index contributed by atoms with van der Waals surface area (Å²) in [7, 11) is 0. The molecule has 0 aliphatic carbocycles. The highest BCUT2D eigenvalue weighted by atomic mass is 35.5. The Morgan fingerprint density at radius 1 is 1.53 bits per heavy atom. The summed E-state index contributed by atoms with van der Waals surface area (Å²) >= 11 is 5.69. The van der Waals surface area contributed by atoms with Gasteiger partial charge in [-0.3, -0.25) is 15.5 Å². The van der Waals surface area contributed by atoms with Gasteiger partial charge in [0.15, 0.2) is 0 Å². The molecule has 0 heterocycles.